The molecule has 2 N–H and O–H groups in total. The van der Waals surface area contributed by atoms with E-state index in [1.54, 1.807) is 0 Å². The lowest BCUT2D eigenvalue weighted by Gasteiger charge is -2.32. The average molecular weight is 278 g/mol. The first-order chi connectivity index (χ1) is 9.17. The maximum atomic E-state index is 6.03. The van der Waals surface area contributed by atoms with Crippen molar-refractivity contribution in [1.29, 1.82) is 0 Å². The molecule has 1 aliphatic rings. The third-order valence-electron chi connectivity index (χ3n) is 4.42. The molecule has 0 aliphatic heterocycles. The van der Waals surface area contributed by atoms with E-state index in [0.29, 0.717) is 11.8 Å². The minimum Gasteiger partial charge on any atom is -0.461 e. The second kappa shape index (κ2) is 5.18. The summed E-state index contributed by atoms with van der Waals surface area (Å²) in [7, 11) is 0. The smallest absolute Gasteiger partial charge is 0.134 e. The molecule has 102 valence electrons. The monoisotopic (exact) mass is 277 g/mol. The van der Waals surface area contributed by atoms with E-state index in [4.69, 9.17) is 21.8 Å². The highest BCUT2D eigenvalue weighted by atomic mass is 35.5. The van der Waals surface area contributed by atoms with Gasteiger partial charge in [0.25, 0.3) is 0 Å². The Morgan fingerprint density at radius 3 is 2.95 bits per heavy atom. The topological polar surface area (TPSA) is 39.2 Å². The Labute approximate surface area is 118 Å². The van der Waals surface area contributed by atoms with Crippen molar-refractivity contribution in [3.05, 3.63) is 35.0 Å². The standard InChI is InChI=1S/C16H20ClNO/c1-10-2-3-11(9-18)14(6-10)16-8-12-7-13(17)4-5-15(12)19-16/h4-5,7-8,10-11,14H,2-3,6,9,18H2,1H3. The lowest BCUT2D eigenvalue weighted by Crippen LogP contribution is -2.27. The molecule has 1 fully saturated rings. The van der Waals surface area contributed by atoms with Crippen molar-refractivity contribution in [2.75, 3.05) is 6.54 Å². The largest absolute Gasteiger partial charge is 0.461 e. The number of rotatable bonds is 2. The first-order valence-corrected chi connectivity index (χ1v) is 7.44. The Kier molecular flexibility index (Phi) is 3.55. The highest BCUT2D eigenvalue weighted by Gasteiger charge is 2.31. The zero-order valence-corrected chi connectivity index (χ0v) is 12.0. The predicted molar refractivity (Wildman–Crippen MR) is 79.5 cm³/mol. The molecule has 1 aromatic heterocycles. The Balaban J connectivity index is 1.97. The van der Waals surface area contributed by atoms with Crippen molar-refractivity contribution in [2.45, 2.75) is 32.1 Å². The maximum absolute atomic E-state index is 6.03. The van der Waals surface area contributed by atoms with Crippen molar-refractivity contribution >= 4 is 22.6 Å². The van der Waals surface area contributed by atoms with Crippen LogP contribution in [-0.2, 0) is 0 Å². The molecule has 1 aromatic carbocycles. The molecule has 0 spiro atoms. The SMILES string of the molecule is CC1CCC(CN)C(c2cc3cc(Cl)ccc3o2)C1. The van der Waals surface area contributed by atoms with Crippen molar-refractivity contribution in [2.24, 2.45) is 17.6 Å². The molecule has 0 bridgehead atoms. The number of hydrogen-bond donors (Lipinski definition) is 1. The fourth-order valence-corrected chi connectivity index (χ4v) is 3.47. The van der Waals surface area contributed by atoms with Crippen LogP contribution in [0, 0.1) is 11.8 Å². The van der Waals surface area contributed by atoms with Gasteiger partial charge in [-0.15, -0.1) is 0 Å². The minimum atomic E-state index is 0.458. The molecule has 3 unspecified atom stereocenters. The Morgan fingerprint density at radius 1 is 1.32 bits per heavy atom. The van der Waals surface area contributed by atoms with Gasteiger partial charge < -0.3 is 10.2 Å². The maximum Gasteiger partial charge on any atom is 0.134 e. The van der Waals surface area contributed by atoms with E-state index in [1.807, 2.05) is 18.2 Å². The van der Waals surface area contributed by atoms with Gasteiger partial charge in [-0.1, -0.05) is 24.9 Å². The summed E-state index contributed by atoms with van der Waals surface area (Å²) < 4.78 is 6.03. The van der Waals surface area contributed by atoms with E-state index in [2.05, 4.69) is 13.0 Å². The summed E-state index contributed by atoms with van der Waals surface area (Å²) in [6, 6.07) is 7.94. The fraction of sp³-hybridized carbons (Fsp3) is 0.500. The van der Waals surface area contributed by atoms with Crippen LogP contribution in [0.4, 0.5) is 0 Å². The van der Waals surface area contributed by atoms with Crippen molar-refractivity contribution in [1.82, 2.24) is 0 Å². The second-order valence-corrected chi connectivity index (χ2v) is 6.29. The molecule has 2 aromatic rings. The van der Waals surface area contributed by atoms with Gasteiger partial charge in [-0.25, -0.2) is 0 Å². The summed E-state index contributed by atoms with van der Waals surface area (Å²) in [5, 5.41) is 1.85. The molecule has 1 aliphatic carbocycles. The van der Waals surface area contributed by atoms with Crippen LogP contribution in [0.5, 0.6) is 0 Å². The Bertz CT molecular complexity index is 577. The number of nitrogens with two attached hydrogens (primary N) is 1. The predicted octanol–water partition coefficient (Wildman–Crippen LogP) is 4.56. The molecule has 3 rings (SSSR count). The zero-order valence-electron chi connectivity index (χ0n) is 11.2. The van der Waals surface area contributed by atoms with E-state index in [9.17, 15) is 0 Å². The summed E-state index contributed by atoms with van der Waals surface area (Å²) in [6.45, 7) is 3.06. The molecule has 1 saturated carbocycles. The van der Waals surface area contributed by atoms with Gasteiger partial charge in [0, 0.05) is 16.3 Å². The lowest BCUT2D eigenvalue weighted by atomic mass is 9.73. The summed E-state index contributed by atoms with van der Waals surface area (Å²) in [6.07, 6.45) is 3.67. The van der Waals surface area contributed by atoms with Gasteiger partial charge in [-0.05, 0) is 55.5 Å². The highest BCUT2D eigenvalue weighted by molar-refractivity contribution is 6.31. The molecule has 3 heteroatoms. The number of fused-ring (bicyclic) bond motifs is 1. The van der Waals surface area contributed by atoms with Crippen molar-refractivity contribution in [3.8, 4) is 0 Å². The van der Waals surface area contributed by atoms with Crippen LogP contribution in [0.15, 0.2) is 28.7 Å². The van der Waals surface area contributed by atoms with Gasteiger partial charge in [-0.3, -0.25) is 0 Å². The summed E-state index contributed by atoms with van der Waals surface area (Å²) in [4.78, 5) is 0. The summed E-state index contributed by atoms with van der Waals surface area (Å²) >= 11 is 6.03. The third kappa shape index (κ3) is 2.52. The molecule has 1 heterocycles. The van der Waals surface area contributed by atoms with Crippen molar-refractivity contribution in [3.63, 3.8) is 0 Å². The lowest BCUT2D eigenvalue weighted by molar-refractivity contribution is 0.231. The van der Waals surface area contributed by atoms with Gasteiger partial charge in [0.1, 0.15) is 11.3 Å². The highest BCUT2D eigenvalue weighted by Crippen LogP contribution is 2.41. The number of furan rings is 1. The third-order valence-corrected chi connectivity index (χ3v) is 4.66. The Morgan fingerprint density at radius 2 is 2.16 bits per heavy atom. The van der Waals surface area contributed by atoms with Crippen LogP contribution < -0.4 is 5.73 Å². The number of hydrogen-bond acceptors (Lipinski definition) is 2. The molecule has 0 amide bonds. The average Bonchev–Trinajstić information content (AvgIpc) is 2.81. The molecular weight excluding hydrogens is 258 g/mol. The van der Waals surface area contributed by atoms with Gasteiger partial charge in [0.05, 0.1) is 0 Å². The molecule has 19 heavy (non-hydrogen) atoms. The quantitative estimate of drug-likeness (QED) is 0.874. The summed E-state index contributed by atoms with van der Waals surface area (Å²) in [5.74, 6) is 2.84. The Hall–Kier alpha value is -0.990. The first kappa shape index (κ1) is 13.0. The van der Waals surface area contributed by atoms with Crippen LogP contribution >= 0.6 is 11.6 Å². The van der Waals surface area contributed by atoms with Crippen LogP contribution in [0.3, 0.4) is 0 Å². The minimum absolute atomic E-state index is 0.458. The van der Waals surface area contributed by atoms with Gasteiger partial charge in [0.2, 0.25) is 0 Å². The van der Waals surface area contributed by atoms with Crippen molar-refractivity contribution < 1.29 is 4.42 Å². The van der Waals surface area contributed by atoms with E-state index in [1.165, 1.54) is 19.3 Å². The molecule has 0 radical (unpaired) electrons. The van der Waals surface area contributed by atoms with Gasteiger partial charge in [-0.2, -0.15) is 0 Å². The van der Waals surface area contributed by atoms with E-state index in [0.717, 1.165) is 34.2 Å². The van der Waals surface area contributed by atoms with Crippen LogP contribution in [0.2, 0.25) is 5.02 Å². The van der Waals surface area contributed by atoms with Crippen LogP contribution in [-0.4, -0.2) is 6.54 Å². The van der Waals surface area contributed by atoms with Crippen LogP contribution in [0.25, 0.3) is 11.0 Å². The summed E-state index contributed by atoms with van der Waals surface area (Å²) in [5.41, 5.74) is 6.86. The first-order valence-electron chi connectivity index (χ1n) is 7.06. The molecular formula is C16H20ClNO. The van der Waals surface area contributed by atoms with Gasteiger partial charge >= 0.3 is 0 Å². The zero-order chi connectivity index (χ0) is 13.4. The fourth-order valence-electron chi connectivity index (χ4n) is 3.29. The molecule has 2 nitrogen and oxygen atoms in total. The van der Waals surface area contributed by atoms with Crippen LogP contribution in [0.1, 0.15) is 37.9 Å². The number of benzene rings is 1. The molecule has 0 saturated heterocycles. The molecule has 3 atom stereocenters. The van der Waals surface area contributed by atoms with Gasteiger partial charge in [0.15, 0.2) is 0 Å². The normalized spacial score (nSPS) is 27.8. The van der Waals surface area contributed by atoms with E-state index in [-0.39, 0.29) is 0 Å². The van der Waals surface area contributed by atoms with E-state index >= 15 is 0 Å². The number of halogens is 1. The van der Waals surface area contributed by atoms with E-state index < -0.39 is 0 Å². The second-order valence-electron chi connectivity index (χ2n) is 5.85.